The Labute approximate surface area is 219 Å². The van der Waals surface area contributed by atoms with Crippen LogP contribution < -0.4 is 5.32 Å². The molecule has 0 aromatic carbocycles. The lowest BCUT2D eigenvalue weighted by Crippen LogP contribution is -2.66. The fraction of sp³-hybridized carbons (Fsp3) is 0.731. The maximum Gasteiger partial charge on any atom is 0.345 e. The molecule has 0 bridgehead atoms. The van der Waals surface area contributed by atoms with E-state index in [4.69, 9.17) is 18.9 Å². The molecule has 1 atom stereocenters. The van der Waals surface area contributed by atoms with Crippen molar-refractivity contribution in [1.29, 1.82) is 0 Å². The fourth-order valence-electron chi connectivity index (χ4n) is 3.84. The van der Waals surface area contributed by atoms with Gasteiger partial charge in [-0.15, -0.1) is 0 Å². The zero-order valence-corrected chi connectivity index (χ0v) is 24.1. The normalized spacial score (nSPS) is 17.7. The highest BCUT2D eigenvalue weighted by Crippen LogP contribution is 2.46. The van der Waals surface area contributed by atoms with Crippen molar-refractivity contribution in [3.8, 4) is 0 Å². The van der Waals surface area contributed by atoms with Gasteiger partial charge in [-0.1, -0.05) is 0 Å². The molecule has 0 fully saturated rings. The number of amides is 1. The lowest BCUT2D eigenvalue weighted by Gasteiger charge is -2.39. The summed E-state index contributed by atoms with van der Waals surface area (Å²) in [6.45, 7) is 18.6. The molecule has 0 aromatic rings. The van der Waals surface area contributed by atoms with E-state index < -0.39 is 63.6 Å². The van der Waals surface area contributed by atoms with Gasteiger partial charge in [0.05, 0.1) is 18.8 Å². The van der Waals surface area contributed by atoms with Gasteiger partial charge in [-0.2, -0.15) is 0 Å². The number of hydrogen-bond acceptors (Lipinski definition) is 10. The molecule has 1 heterocycles. The first-order valence-corrected chi connectivity index (χ1v) is 12.3. The molecule has 1 N–H and O–H groups in total. The van der Waals surface area contributed by atoms with Crippen LogP contribution >= 0.6 is 0 Å². The van der Waals surface area contributed by atoms with Crippen molar-refractivity contribution >= 4 is 29.8 Å². The third-order valence-corrected chi connectivity index (χ3v) is 4.78. The lowest BCUT2D eigenvalue weighted by atomic mass is 9.80. The van der Waals surface area contributed by atoms with Gasteiger partial charge in [0.15, 0.2) is 0 Å². The van der Waals surface area contributed by atoms with Gasteiger partial charge in [0.25, 0.3) is 5.54 Å². The molecule has 1 aliphatic rings. The van der Waals surface area contributed by atoms with Crippen LogP contribution in [0.3, 0.4) is 0 Å². The first-order valence-electron chi connectivity index (χ1n) is 12.3. The molecule has 0 aliphatic carbocycles. The Hall–Kier alpha value is -3.11. The molecule has 37 heavy (non-hydrogen) atoms. The summed E-state index contributed by atoms with van der Waals surface area (Å²) in [6.07, 6.45) is 0. The summed E-state index contributed by atoms with van der Waals surface area (Å²) in [5.41, 5.74) is -6.04. The monoisotopic (exact) mass is 526 g/mol. The fourth-order valence-corrected chi connectivity index (χ4v) is 3.84. The Bertz CT molecular complexity index is 944. The maximum atomic E-state index is 13.8. The number of ether oxygens (including phenoxy) is 4. The summed E-state index contributed by atoms with van der Waals surface area (Å²) in [5, 5.41) is 3.02. The summed E-state index contributed by atoms with van der Waals surface area (Å²) in [7, 11) is 0. The third kappa shape index (κ3) is 7.23. The Balaban J connectivity index is 4.30. The molecule has 0 aromatic heterocycles. The van der Waals surface area contributed by atoms with Crippen LogP contribution in [0.25, 0.3) is 0 Å². The second-order valence-corrected chi connectivity index (χ2v) is 11.7. The van der Waals surface area contributed by atoms with Crippen molar-refractivity contribution in [1.82, 2.24) is 10.2 Å². The SMILES string of the molecule is CCOC(=O)C1(C(=O)OCC)C(C(=O)OC(C)(C)C)C(C(=O)OC(C)(C)C)=C(NC(C)(C)C)N1C(C)=O. The number of carbonyl (C=O) groups is 5. The highest BCUT2D eigenvalue weighted by Gasteiger charge is 2.72. The maximum absolute atomic E-state index is 13.8. The summed E-state index contributed by atoms with van der Waals surface area (Å²) in [4.78, 5) is 68.9. The second-order valence-electron chi connectivity index (χ2n) is 11.7. The van der Waals surface area contributed by atoms with Crippen LogP contribution in [0.2, 0.25) is 0 Å². The highest BCUT2D eigenvalue weighted by molar-refractivity contribution is 6.16. The van der Waals surface area contributed by atoms with Gasteiger partial charge in [-0.05, 0) is 76.2 Å². The Morgan fingerprint density at radius 1 is 0.811 bits per heavy atom. The van der Waals surface area contributed by atoms with E-state index in [1.807, 2.05) is 0 Å². The smallest absolute Gasteiger partial charge is 0.345 e. The molecular weight excluding hydrogens is 484 g/mol. The number of esters is 4. The second kappa shape index (κ2) is 11.1. The molecular formula is C26H42N2O9. The van der Waals surface area contributed by atoms with Gasteiger partial charge in [0.1, 0.15) is 22.9 Å². The number of hydrogen-bond donors (Lipinski definition) is 1. The molecule has 1 amide bonds. The minimum absolute atomic E-state index is 0.184. The van der Waals surface area contributed by atoms with Gasteiger partial charge in [-0.25, -0.2) is 14.4 Å². The van der Waals surface area contributed by atoms with E-state index in [2.05, 4.69) is 5.32 Å². The van der Waals surface area contributed by atoms with Gasteiger partial charge < -0.3 is 24.3 Å². The number of nitrogens with one attached hydrogen (secondary N) is 1. The predicted molar refractivity (Wildman–Crippen MR) is 134 cm³/mol. The summed E-state index contributed by atoms with van der Waals surface area (Å²) >= 11 is 0. The van der Waals surface area contributed by atoms with Gasteiger partial charge in [0, 0.05) is 12.5 Å². The predicted octanol–water partition coefficient (Wildman–Crippen LogP) is 2.61. The minimum atomic E-state index is -2.72. The van der Waals surface area contributed by atoms with Crippen LogP contribution in [0.15, 0.2) is 11.4 Å². The largest absolute Gasteiger partial charge is 0.464 e. The van der Waals surface area contributed by atoms with Crippen LogP contribution in [0.5, 0.6) is 0 Å². The topological polar surface area (TPSA) is 138 Å². The lowest BCUT2D eigenvalue weighted by molar-refractivity contribution is -0.186. The van der Waals surface area contributed by atoms with E-state index in [0.717, 1.165) is 11.8 Å². The summed E-state index contributed by atoms with van der Waals surface area (Å²) < 4.78 is 21.7. The van der Waals surface area contributed by atoms with Crippen LogP contribution in [0.4, 0.5) is 0 Å². The Morgan fingerprint density at radius 2 is 1.24 bits per heavy atom. The Morgan fingerprint density at radius 3 is 1.57 bits per heavy atom. The van der Waals surface area contributed by atoms with Crippen LogP contribution in [-0.2, 0) is 42.9 Å². The van der Waals surface area contributed by atoms with Crippen molar-refractivity contribution in [2.24, 2.45) is 5.92 Å². The third-order valence-electron chi connectivity index (χ3n) is 4.78. The summed E-state index contributed by atoms with van der Waals surface area (Å²) in [5.74, 6) is -7.62. The molecule has 0 saturated heterocycles. The van der Waals surface area contributed by atoms with Crippen LogP contribution in [0, 0.1) is 5.92 Å². The average molecular weight is 527 g/mol. The van der Waals surface area contributed by atoms with Gasteiger partial charge in [-0.3, -0.25) is 14.5 Å². The zero-order valence-electron chi connectivity index (χ0n) is 24.1. The summed E-state index contributed by atoms with van der Waals surface area (Å²) in [6, 6.07) is 0. The number of carbonyl (C=O) groups excluding carboxylic acids is 5. The molecule has 1 rings (SSSR count). The minimum Gasteiger partial charge on any atom is -0.464 e. The average Bonchev–Trinajstić information content (AvgIpc) is 2.96. The van der Waals surface area contributed by atoms with Crippen molar-refractivity contribution < 1.29 is 42.9 Å². The van der Waals surface area contributed by atoms with Gasteiger partial charge >= 0.3 is 23.9 Å². The van der Waals surface area contributed by atoms with Gasteiger partial charge in [0.2, 0.25) is 5.91 Å². The number of rotatable bonds is 7. The molecule has 0 radical (unpaired) electrons. The van der Waals surface area contributed by atoms with Crippen molar-refractivity contribution in [3.63, 3.8) is 0 Å². The van der Waals surface area contributed by atoms with Crippen LogP contribution in [0.1, 0.15) is 83.1 Å². The van der Waals surface area contributed by atoms with Crippen molar-refractivity contribution in [2.45, 2.75) is 105 Å². The first-order chi connectivity index (χ1) is 16.6. The van der Waals surface area contributed by atoms with Crippen LogP contribution in [-0.4, -0.2) is 70.2 Å². The van der Waals surface area contributed by atoms with E-state index in [1.165, 1.54) is 13.8 Å². The molecule has 11 nitrogen and oxygen atoms in total. The molecule has 1 aliphatic heterocycles. The molecule has 0 spiro atoms. The van der Waals surface area contributed by atoms with E-state index >= 15 is 0 Å². The standard InChI is InChI=1S/C26H42N2O9/c1-13-34-21(32)26(22(33)35-14-2)17(20(31)37-25(10,11)12)16(19(30)36-24(7,8)9)18(27-23(4,5)6)28(26)15(3)29/h17,27H,13-14H2,1-12H3. The highest BCUT2D eigenvalue weighted by atomic mass is 16.6. The molecule has 1 unspecified atom stereocenters. The molecule has 0 saturated carbocycles. The van der Waals surface area contributed by atoms with E-state index in [1.54, 1.807) is 62.3 Å². The van der Waals surface area contributed by atoms with Crippen molar-refractivity contribution in [2.75, 3.05) is 13.2 Å². The van der Waals surface area contributed by atoms with E-state index in [-0.39, 0.29) is 19.0 Å². The van der Waals surface area contributed by atoms with Crippen molar-refractivity contribution in [3.05, 3.63) is 11.4 Å². The zero-order chi connectivity index (χ0) is 29.1. The first kappa shape index (κ1) is 31.9. The Kier molecular flexibility index (Phi) is 9.58. The van der Waals surface area contributed by atoms with E-state index in [0.29, 0.717) is 0 Å². The van der Waals surface area contributed by atoms with E-state index in [9.17, 15) is 24.0 Å². The molecule has 210 valence electrons. The quantitative estimate of drug-likeness (QED) is 0.299. The molecule has 11 heteroatoms. The number of nitrogens with zero attached hydrogens (tertiary/aromatic N) is 1.